The number of halogens is 3. The molecular weight excluding hydrogens is 373 g/mol. The Kier molecular flexibility index (Phi) is 4.76. The lowest BCUT2D eigenvalue weighted by atomic mass is 10.1. The average molecular weight is 390 g/mol. The van der Waals surface area contributed by atoms with E-state index in [1.807, 2.05) is 0 Å². The van der Waals surface area contributed by atoms with Crippen LogP contribution in [0.25, 0.3) is 11.0 Å². The smallest absolute Gasteiger partial charge is 0.355 e. The number of alkyl halides is 3. The Morgan fingerprint density at radius 3 is 2.79 bits per heavy atom. The summed E-state index contributed by atoms with van der Waals surface area (Å²) in [5, 5.41) is 7.31. The van der Waals surface area contributed by atoms with Crippen molar-refractivity contribution in [1.29, 1.82) is 0 Å². The average Bonchev–Trinajstić information content (AvgIpc) is 3.28. The molecule has 0 radical (unpaired) electrons. The summed E-state index contributed by atoms with van der Waals surface area (Å²) in [4.78, 5) is 18.6. The lowest BCUT2D eigenvalue weighted by Crippen LogP contribution is -2.37. The topological polar surface area (TPSA) is 71.3 Å². The van der Waals surface area contributed by atoms with Crippen molar-refractivity contribution < 1.29 is 22.5 Å². The van der Waals surface area contributed by atoms with E-state index in [4.69, 9.17) is 4.52 Å². The van der Waals surface area contributed by atoms with Crippen LogP contribution in [-0.2, 0) is 12.7 Å². The van der Waals surface area contributed by atoms with Crippen molar-refractivity contribution in [2.45, 2.75) is 25.2 Å². The Hall–Kier alpha value is -2.94. The molecule has 2 aromatic heterocycles. The highest BCUT2D eigenvalue weighted by molar-refractivity contribution is 6.03. The van der Waals surface area contributed by atoms with Gasteiger partial charge in [0.05, 0.1) is 10.9 Å². The second-order valence-electron chi connectivity index (χ2n) is 6.79. The van der Waals surface area contributed by atoms with Crippen LogP contribution in [0.2, 0.25) is 0 Å². The Balaban J connectivity index is 1.35. The van der Waals surface area contributed by atoms with Crippen molar-refractivity contribution in [1.82, 2.24) is 20.4 Å². The number of hydrogen-bond donors (Lipinski definition) is 1. The summed E-state index contributed by atoms with van der Waals surface area (Å²) in [5.41, 5.74) is 0.838. The summed E-state index contributed by atoms with van der Waals surface area (Å²) in [5.74, 6) is -0.326. The Morgan fingerprint density at radius 2 is 2.04 bits per heavy atom. The molecule has 1 amide bonds. The summed E-state index contributed by atoms with van der Waals surface area (Å²) in [7, 11) is 0. The molecule has 0 spiro atoms. The number of carbonyl (C=O) groups is 1. The van der Waals surface area contributed by atoms with Gasteiger partial charge < -0.3 is 9.84 Å². The molecule has 0 bridgehead atoms. The number of hydrogen-bond acceptors (Lipinski definition) is 5. The third-order valence-electron chi connectivity index (χ3n) is 4.78. The lowest BCUT2D eigenvalue weighted by Gasteiger charge is -2.17. The first-order chi connectivity index (χ1) is 13.4. The number of nitrogens with zero attached hydrogens (tertiary/aromatic N) is 3. The SMILES string of the molecule is O=C(NC1CCN(Cc2ccc(C(F)(F)F)cc2)C1)c1noc2ccncc12. The molecule has 28 heavy (non-hydrogen) atoms. The third-order valence-corrected chi connectivity index (χ3v) is 4.78. The fourth-order valence-corrected chi connectivity index (χ4v) is 3.35. The van der Waals surface area contributed by atoms with Gasteiger partial charge in [0, 0.05) is 44.1 Å². The standard InChI is InChI=1S/C19H17F3N4O2/c20-19(21,22)13-3-1-12(2-4-13)10-26-8-6-14(11-26)24-18(27)17-15-9-23-7-5-16(15)28-25-17/h1-5,7,9,14H,6,8,10-11H2,(H,24,27). The van der Waals surface area contributed by atoms with E-state index in [2.05, 4.69) is 20.4 Å². The van der Waals surface area contributed by atoms with Gasteiger partial charge in [-0.1, -0.05) is 17.3 Å². The fraction of sp³-hybridized carbons (Fsp3) is 0.316. The van der Waals surface area contributed by atoms with Crippen molar-refractivity contribution in [2.75, 3.05) is 13.1 Å². The molecule has 6 nitrogen and oxygen atoms in total. The van der Waals surface area contributed by atoms with Gasteiger partial charge in [0.15, 0.2) is 11.3 Å². The predicted octanol–water partition coefficient (Wildman–Crippen LogP) is 3.25. The van der Waals surface area contributed by atoms with E-state index in [1.165, 1.54) is 18.3 Å². The van der Waals surface area contributed by atoms with Crippen LogP contribution < -0.4 is 5.32 Å². The first kappa shape index (κ1) is 18.4. The Bertz CT molecular complexity index is 985. The quantitative estimate of drug-likeness (QED) is 0.741. The molecule has 1 fully saturated rings. The van der Waals surface area contributed by atoms with Crippen molar-refractivity contribution in [3.05, 3.63) is 59.5 Å². The first-order valence-electron chi connectivity index (χ1n) is 8.79. The maximum Gasteiger partial charge on any atom is 0.416 e. The molecular formula is C19H17F3N4O2. The largest absolute Gasteiger partial charge is 0.416 e. The molecule has 1 aliphatic rings. The molecule has 0 aliphatic carbocycles. The van der Waals surface area contributed by atoms with Gasteiger partial charge in [0.25, 0.3) is 5.91 Å². The van der Waals surface area contributed by atoms with Crippen LogP contribution in [0.4, 0.5) is 13.2 Å². The molecule has 3 aromatic rings. The van der Waals surface area contributed by atoms with Crippen LogP contribution in [0, 0.1) is 0 Å². The normalized spacial score (nSPS) is 17.9. The van der Waals surface area contributed by atoms with Crippen molar-refractivity contribution in [2.24, 2.45) is 0 Å². The highest BCUT2D eigenvalue weighted by Crippen LogP contribution is 2.29. The second-order valence-corrected chi connectivity index (χ2v) is 6.79. The highest BCUT2D eigenvalue weighted by atomic mass is 19.4. The fourth-order valence-electron chi connectivity index (χ4n) is 3.35. The van der Waals surface area contributed by atoms with E-state index in [0.717, 1.165) is 30.7 Å². The molecule has 3 heterocycles. The van der Waals surface area contributed by atoms with E-state index in [9.17, 15) is 18.0 Å². The third kappa shape index (κ3) is 3.84. The van der Waals surface area contributed by atoms with Gasteiger partial charge in [-0.2, -0.15) is 13.2 Å². The minimum absolute atomic E-state index is 0.0645. The van der Waals surface area contributed by atoms with Crippen LogP contribution in [0.3, 0.4) is 0 Å². The number of benzene rings is 1. The summed E-state index contributed by atoms with van der Waals surface area (Å²) in [6.45, 7) is 1.88. The minimum Gasteiger partial charge on any atom is -0.355 e. The number of rotatable bonds is 4. The molecule has 1 aromatic carbocycles. The van der Waals surface area contributed by atoms with Crippen LogP contribution >= 0.6 is 0 Å². The molecule has 4 rings (SSSR count). The molecule has 146 valence electrons. The van der Waals surface area contributed by atoms with Gasteiger partial charge in [-0.25, -0.2) is 0 Å². The summed E-state index contributed by atoms with van der Waals surface area (Å²) in [6, 6.07) is 6.74. The molecule has 0 saturated carbocycles. The van der Waals surface area contributed by atoms with E-state index in [1.54, 1.807) is 12.3 Å². The first-order valence-corrected chi connectivity index (χ1v) is 8.79. The molecule has 1 N–H and O–H groups in total. The van der Waals surface area contributed by atoms with Crippen molar-refractivity contribution in [3.8, 4) is 0 Å². The zero-order chi connectivity index (χ0) is 19.7. The van der Waals surface area contributed by atoms with Crippen molar-refractivity contribution in [3.63, 3.8) is 0 Å². The van der Waals surface area contributed by atoms with Gasteiger partial charge in [-0.15, -0.1) is 0 Å². The van der Waals surface area contributed by atoms with Crippen LogP contribution in [0.1, 0.15) is 28.0 Å². The summed E-state index contributed by atoms with van der Waals surface area (Å²) >= 11 is 0. The zero-order valence-electron chi connectivity index (χ0n) is 14.7. The predicted molar refractivity (Wildman–Crippen MR) is 94.4 cm³/mol. The molecule has 1 atom stereocenters. The number of pyridine rings is 1. The monoisotopic (exact) mass is 390 g/mol. The molecule has 1 unspecified atom stereocenters. The highest BCUT2D eigenvalue weighted by Gasteiger charge is 2.30. The van der Waals surface area contributed by atoms with Gasteiger partial charge >= 0.3 is 6.18 Å². The Labute approximate surface area is 158 Å². The van der Waals surface area contributed by atoms with E-state index < -0.39 is 11.7 Å². The minimum atomic E-state index is -4.33. The lowest BCUT2D eigenvalue weighted by molar-refractivity contribution is -0.137. The maximum absolute atomic E-state index is 12.6. The Morgan fingerprint density at radius 1 is 1.25 bits per heavy atom. The molecule has 9 heteroatoms. The van der Waals surface area contributed by atoms with E-state index in [0.29, 0.717) is 24.1 Å². The molecule has 1 aliphatic heterocycles. The van der Waals surface area contributed by atoms with Crippen LogP contribution in [0.5, 0.6) is 0 Å². The van der Waals surface area contributed by atoms with Gasteiger partial charge in [-0.05, 0) is 24.1 Å². The van der Waals surface area contributed by atoms with Crippen molar-refractivity contribution >= 4 is 16.9 Å². The summed E-state index contributed by atoms with van der Waals surface area (Å²) < 4.78 is 43.1. The number of carbonyl (C=O) groups excluding carboxylic acids is 1. The summed E-state index contributed by atoms with van der Waals surface area (Å²) in [6.07, 6.45) is -0.486. The number of fused-ring (bicyclic) bond motifs is 1. The number of nitrogens with one attached hydrogen (secondary N) is 1. The van der Waals surface area contributed by atoms with Gasteiger partial charge in [0.1, 0.15) is 0 Å². The van der Waals surface area contributed by atoms with E-state index >= 15 is 0 Å². The van der Waals surface area contributed by atoms with Gasteiger partial charge in [0.2, 0.25) is 0 Å². The second kappa shape index (κ2) is 7.23. The van der Waals surface area contributed by atoms with Gasteiger partial charge in [-0.3, -0.25) is 14.7 Å². The zero-order valence-corrected chi connectivity index (χ0v) is 14.7. The van der Waals surface area contributed by atoms with Crippen LogP contribution in [-0.4, -0.2) is 40.1 Å². The maximum atomic E-state index is 12.6. The number of amides is 1. The van der Waals surface area contributed by atoms with E-state index in [-0.39, 0.29) is 17.6 Å². The number of aromatic nitrogens is 2. The number of likely N-dealkylation sites (tertiary alicyclic amines) is 1. The van der Waals surface area contributed by atoms with Crippen LogP contribution in [0.15, 0.2) is 47.2 Å². The molecule has 1 saturated heterocycles.